The van der Waals surface area contributed by atoms with Gasteiger partial charge < -0.3 is 9.74 Å². The van der Waals surface area contributed by atoms with E-state index < -0.39 is 9.04 Å². The highest BCUT2D eigenvalue weighted by Gasteiger charge is 2.34. The van der Waals surface area contributed by atoms with E-state index >= 15 is 0 Å². The zero-order chi connectivity index (χ0) is 11.5. The van der Waals surface area contributed by atoms with Gasteiger partial charge in [-0.25, -0.2) is 0 Å². The van der Waals surface area contributed by atoms with Gasteiger partial charge in [-0.15, -0.1) is 0 Å². The summed E-state index contributed by atoms with van der Waals surface area (Å²) in [5.74, 6) is 0. The molecule has 1 rings (SSSR count). The molecule has 90 valence electrons. The third kappa shape index (κ3) is 4.25. The minimum absolute atomic E-state index is 0.256. The van der Waals surface area contributed by atoms with Crippen molar-refractivity contribution in [2.45, 2.75) is 65.3 Å². The molecule has 1 aliphatic rings. The molecule has 0 bridgehead atoms. The Kier molecular flexibility index (Phi) is 4.81. The summed E-state index contributed by atoms with van der Waals surface area (Å²) in [5.41, 5.74) is 0.256. The van der Waals surface area contributed by atoms with E-state index in [2.05, 4.69) is 39.2 Å². The number of hydrogen-bond acceptors (Lipinski definition) is 2. The lowest BCUT2D eigenvalue weighted by Gasteiger charge is -2.40. The third-order valence-electron chi connectivity index (χ3n) is 2.99. The van der Waals surface area contributed by atoms with Crippen LogP contribution in [0, 0.1) is 5.41 Å². The Morgan fingerprint density at radius 1 is 1.27 bits per heavy atom. The first-order chi connectivity index (χ1) is 6.91. The minimum atomic E-state index is -0.939. The van der Waals surface area contributed by atoms with Gasteiger partial charge in [0.2, 0.25) is 0 Å². The van der Waals surface area contributed by atoms with Crippen LogP contribution < -0.4 is 5.32 Å². The van der Waals surface area contributed by atoms with Gasteiger partial charge in [0, 0.05) is 6.04 Å². The van der Waals surface area contributed by atoms with Crippen molar-refractivity contribution in [1.82, 2.24) is 5.32 Å². The normalized spacial score (nSPS) is 25.6. The first kappa shape index (κ1) is 13.2. The molecule has 1 aliphatic heterocycles. The van der Waals surface area contributed by atoms with Crippen LogP contribution in [0.15, 0.2) is 0 Å². The zero-order valence-corrected chi connectivity index (χ0v) is 12.1. The molecule has 1 N–H and O–H groups in total. The molecule has 1 fully saturated rings. The molecule has 0 aromatic rings. The molecule has 3 heteroatoms. The van der Waals surface area contributed by atoms with E-state index in [-0.39, 0.29) is 5.41 Å². The Bertz CT molecular complexity index is 183. The average Bonchev–Trinajstić information content (AvgIpc) is 2.14. The summed E-state index contributed by atoms with van der Waals surface area (Å²) in [6.07, 6.45) is 4.35. The summed E-state index contributed by atoms with van der Waals surface area (Å²) in [7, 11) is -0.939. The third-order valence-corrected chi connectivity index (χ3v) is 3.82. The zero-order valence-electron chi connectivity index (χ0n) is 11.0. The molecule has 0 saturated carbocycles. The average molecular weight is 229 g/mol. The Labute approximate surface area is 96.5 Å². The SMILES string of the molecule is C[SiH](C)OC(C1CCCCN1)C(C)(C)C. The van der Waals surface area contributed by atoms with Crippen LogP contribution >= 0.6 is 0 Å². The molecule has 2 unspecified atom stereocenters. The van der Waals surface area contributed by atoms with E-state index in [0.29, 0.717) is 12.1 Å². The summed E-state index contributed by atoms with van der Waals surface area (Å²) in [5, 5.41) is 3.63. The molecule has 0 aromatic carbocycles. The maximum Gasteiger partial charge on any atom is 0.171 e. The largest absolute Gasteiger partial charge is 0.416 e. The monoisotopic (exact) mass is 229 g/mol. The van der Waals surface area contributed by atoms with Crippen LogP contribution in [0.2, 0.25) is 13.1 Å². The topological polar surface area (TPSA) is 21.3 Å². The Hall–Kier alpha value is 0.137. The van der Waals surface area contributed by atoms with Crippen LogP contribution in [0.3, 0.4) is 0 Å². The first-order valence-corrected chi connectivity index (χ1v) is 9.08. The smallest absolute Gasteiger partial charge is 0.171 e. The van der Waals surface area contributed by atoms with Crippen molar-refractivity contribution >= 4 is 9.04 Å². The van der Waals surface area contributed by atoms with Crippen LogP contribution in [0.1, 0.15) is 40.0 Å². The van der Waals surface area contributed by atoms with Crippen LogP contribution in [-0.4, -0.2) is 27.7 Å². The minimum Gasteiger partial charge on any atom is -0.416 e. The lowest BCUT2D eigenvalue weighted by molar-refractivity contribution is 0.0413. The Balaban J connectivity index is 2.61. The molecule has 0 aromatic heterocycles. The van der Waals surface area contributed by atoms with Crippen molar-refractivity contribution in [3.05, 3.63) is 0 Å². The van der Waals surface area contributed by atoms with Crippen molar-refractivity contribution in [1.29, 1.82) is 0 Å². The van der Waals surface area contributed by atoms with Crippen molar-refractivity contribution < 1.29 is 4.43 Å². The lowest BCUT2D eigenvalue weighted by atomic mass is 9.82. The molecule has 0 spiro atoms. The molecule has 0 radical (unpaired) electrons. The van der Waals surface area contributed by atoms with Crippen LogP contribution in [0.5, 0.6) is 0 Å². The molecular formula is C12H27NOSi. The first-order valence-electron chi connectivity index (χ1n) is 6.30. The van der Waals surface area contributed by atoms with Gasteiger partial charge in [0.05, 0.1) is 6.10 Å². The molecule has 1 heterocycles. The molecule has 2 nitrogen and oxygen atoms in total. The Morgan fingerprint density at radius 3 is 2.33 bits per heavy atom. The quantitative estimate of drug-likeness (QED) is 0.751. The molecule has 1 saturated heterocycles. The number of hydrogen-bond donors (Lipinski definition) is 1. The van der Waals surface area contributed by atoms with Crippen molar-refractivity contribution in [2.24, 2.45) is 5.41 Å². The van der Waals surface area contributed by atoms with Gasteiger partial charge in [-0.3, -0.25) is 0 Å². The standard InChI is InChI=1S/C12H27NOSi/c1-12(2,3)11(14-15(4)5)10-8-6-7-9-13-10/h10-11,13,15H,6-9H2,1-5H3. The van der Waals surface area contributed by atoms with Gasteiger partial charge in [-0.2, -0.15) is 0 Å². The van der Waals surface area contributed by atoms with E-state index in [4.69, 9.17) is 4.43 Å². The van der Waals surface area contributed by atoms with Gasteiger partial charge in [0.25, 0.3) is 0 Å². The van der Waals surface area contributed by atoms with E-state index in [1.54, 1.807) is 0 Å². The molecular weight excluding hydrogens is 202 g/mol. The van der Waals surface area contributed by atoms with E-state index in [1.807, 2.05) is 0 Å². The number of rotatable bonds is 3. The summed E-state index contributed by atoms with van der Waals surface area (Å²) < 4.78 is 6.23. The number of nitrogens with one attached hydrogen (secondary N) is 1. The second kappa shape index (κ2) is 5.46. The molecule has 2 atom stereocenters. The maximum atomic E-state index is 6.23. The van der Waals surface area contributed by atoms with Gasteiger partial charge in [-0.1, -0.05) is 27.2 Å². The van der Waals surface area contributed by atoms with Crippen molar-refractivity contribution in [2.75, 3.05) is 6.54 Å². The number of piperidine rings is 1. The van der Waals surface area contributed by atoms with E-state index in [9.17, 15) is 0 Å². The molecule has 0 aliphatic carbocycles. The van der Waals surface area contributed by atoms with E-state index in [0.717, 1.165) is 0 Å². The summed E-state index contributed by atoms with van der Waals surface area (Å²) >= 11 is 0. The van der Waals surface area contributed by atoms with Crippen LogP contribution in [-0.2, 0) is 4.43 Å². The summed E-state index contributed by atoms with van der Waals surface area (Å²) in [4.78, 5) is 0. The fourth-order valence-corrected chi connectivity index (χ4v) is 3.52. The van der Waals surface area contributed by atoms with Gasteiger partial charge in [0.15, 0.2) is 9.04 Å². The van der Waals surface area contributed by atoms with Crippen LogP contribution in [0.25, 0.3) is 0 Å². The van der Waals surface area contributed by atoms with Crippen LogP contribution in [0.4, 0.5) is 0 Å². The highest BCUT2D eigenvalue weighted by Crippen LogP contribution is 2.28. The Morgan fingerprint density at radius 2 is 1.93 bits per heavy atom. The highest BCUT2D eigenvalue weighted by molar-refractivity contribution is 6.48. The summed E-state index contributed by atoms with van der Waals surface area (Å²) in [6, 6.07) is 0.577. The molecule has 15 heavy (non-hydrogen) atoms. The second-order valence-corrected chi connectivity index (χ2v) is 8.40. The van der Waals surface area contributed by atoms with Crippen molar-refractivity contribution in [3.8, 4) is 0 Å². The van der Waals surface area contributed by atoms with Gasteiger partial charge in [-0.05, 0) is 37.9 Å². The van der Waals surface area contributed by atoms with E-state index in [1.165, 1.54) is 25.8 Å². The highest BCUT2D eigenvalue weighted by atomic mass is 28.3. The van der Waals surface area contributed by atoms with Crippen molar-refractivity contribution in [3.63, 3.8) is 0 Å². The summed E-state index contributed by atoms with van der Waals surface area (Å²) in [6.45, 7) is 12.6. The molecule has 0 amide bonds. The maximum absolute atomic E-state index is 6.23. The second-order valence-electron chi connectivity index (χ2n) is 6.03. The predicted octanol–water partition coefficient (Wildman–Crippen LogP) is 2.54. The van der Waals surface area contributed by atoms with Gasteiger partial charge >= 0.3 is 0 Å². The fourth-order valence-electron chi connectivity index (χ4n) is 2.33. The fraction of sp³-hybridized carbons (Fsp3) is 1.00. The lowest BCUT2D eigenvalue weighted by Crippen LogP contribution is -2.51. The predicted molar refractivity (Wildman–Crippen MR) is 68.8 cm³/mol. The van der Waals surface area contributed by atoms with Gasteiger partial charge in [0.1, 0.15) is 0 Å².